The molecule has 7 heavy (non-hydrogen) atoms. The molecule has 0 aromatic rings. The lowest BCUT2D eigenvalue weighted by atomic mass is 10.4. The summed E-state index contributed by atoms with van der Waals surface area (Å²) in [5.41, 5.74) is 0.386. The normalized spacial score (nSPS) is 7.71. The van der Waals surface area contributed by atoms with E-state index >= 15 is 0 Å². The second-order valence-corrected chi connectivity index (χ2v) is 1.47. The fourth-order valence-electron chi connectivity index (χ4n) is 0.0659. The number of carbonyl (C=O) groups is 1. The van der Waals surface area contributed by atoms with Crippen molar-refractivity contribution in [3.05, 3.63) is 12.2 Å². The van der Waals surface area contributed by atoms with Gasteiger partial charge in [0.2, 0.25) is 0 Å². The molecule has 40 valence electrons. The van der Waals surface area contributed by atoms with E-state index in [1.165, 1.54) is 0 Å². The first-order chi connectivity index (χ1) is 3.18. The summed E-state index contributed by atoms with van der Waals surface area (Å²) in [6.07, 6.45) is 0. The maximum atomic E-state index is 10.1. The van der Waals surface area contributed by atoms with E-state index in [-0.39, 0.29) is 0 Å². The van der Waals surface area contributed by atoms with Crippen molar-refractivity contribution in [2.24, 2.45) is 0 Å². The van der Waals surface area contributed by atoms with E-state index in [1.54, 1.807) is 6.92 Å². The summed E-state index contributed by atoms with van der Waals surface area (Å²) in [6.45, 7) is 4.89. The van der Waals surface area contributed by atoms with Gasteiger partial charge in [0.1, 0.15) is 0 Å². The molecule has 0 N–H and O–H groups in total. The fourth-order valence-corrected chi connectivity index (χ4v) is 0.342. The Hall–Kier alpha value is -0.310. The Kier molecular flexibility index (Phi) is 2.67. The SMILES string of the molecule is C=C(C)C(=O)OBr. The minimum Gasteiger partial charge on any atom is -0.380 e. The Labute approximate surface area is 50.6 Å². The molecule has 0 saturated heterocycles. The molecule has 0 aromatic heterocycles. The van der Waals surface area contributed by atoms with Crippen molar-refractivity contribution in [2.45, 2.75) is 6.92 Å². The van der Waals surface area contributed by atoms with Crippen LogP contribution in [-0.2, 0) is 8.62 Å². The van der Waals surface area contributed by atoms with Gasteiger partial charge in [-0.3, -0.25) is 0 Å². The van der Waals surface area contributed by atoms with Gasteiger partial charge in [-0.2, -0.15) is 0 Å². The van der Waals surface area contributed by atoms with E-state index < -0.39 is 5.97 Å². The lowest BCUT2D eigenvalue weighted by Crippen LogP contribution is -1.94. The van der Waals surface area contributed by atoms with Crippen molar-refractivity contribution in [2.75, 3.05) is 0 Å². The van der Waals surface area contributed by atoms with Crippen LogP contribution in [0.25, 0.3) is 0 Å². The Bertz CT molecular complexity index is 97.9. The van der Waals surface area contributed by atoms with Gasteiger partial charge in [0.15, 0.2) is 16.3 Å². The van der Waals surface area contributed by atoms with Gasteiger partial charge in [-0.1, -0.05) is 6.58 Å². The van der Waals surface area contributed by atoms with Crippen molar-refractivity contribution in [1.82, 2.24) is 0 Å². The van der Waals surface area contributed by atoms with E-state index in [0.717, 1.165) is 0 Å². The van der Waals surface area contributed by atoms with Crippen LogP contribution in [0.2, 0.25) is 0 Å². The maximum absolute atomic E-state index is 10.1. The molecular formula is C4H5BrO2. The van der Waals surface area contributed by atoms with Crippen molar-refractivity contribution < 1.29 is 8.62 Å². The summed E-state index contributed by atoms with van der Waals surface area (Å²) in [5.74, 6) is -0.431. The van der Waals surface area contributed by atoms with Gasteiger partial charge in [-0.15, -0.1) is 0 Å². The second kappa shape index (κ2) is 2.80. The summed E-state index contributed by atoms with van der Waals surface area (Å²) < 4.78 is 4.09. The van der Waals surface area contributed by atoms with Crippen LogP contribution in [0.3, 0.4) is 0 Å². The van der Waals surface area contributed by atoms with Gasteiger partial charge in [0.05, 0.1) is 0 Å². The molecule has 0 atom stereocenters. The average molecular weight is 165 g/mol. The van der Waals surface area contributed by atoms with E-state index in [9.17, 15) is 4.79 Å². The third-order valence-electron chi connectivity index (χ3n) is 0.419. The molecule has 0 fully saturated rings. The Morgan fingerprint density at radius 1 is 1.86 bits per heavy atom. The first kappa shape index (κ1) is 6.69. The lowest BCUT2D eigenvalue weighted by molar-refractivity contribution is -0.128. The zero-order valence-corrected chi connectivity index (χ0v) is 5.49. The van der Waals surface area contributed by atoms with Crippen LogP contribution in [-0.4, -0.2) is 5.97 Å². The first-order valence-corrected chi connectivity index (χ1v) is 2.31. The molecule has 0 bridgehead atoms. The zero-order chi connectivity index (χ0) is 5.86. The number of hydrogen-bond donors (Lipinski definition) is 0. The minimum atomic E-state index is -0.431. The molecule has 0 spiro atoms. The molecule has 0 aromatic carbocycles. The molecule has 0 heterocycles. The van der Waals surface area contributed by atoms with Gasteiger partial charge >= 0.3 is 5.97 Å². The molecule has 2 nitrogen and oxygen atoms in total. The smallest absolute Gasteiger partial charge is 0.344 e. The minimum absolute atomic E-state index is 0.386. The molecule has 0 aliphatic carbocycles. The number of carbonyl (C=O) groups excluding carboxylic acids is 1. The molecule has 0 saturated carbocycles. The highest BCUT2D eigenvalue weighted by Crippen LogP contribution is 1.94. The third kappa shape index (κ3) is 2.39. The molecule has 0 radical (unpaired) electrons. The van der Waals surface area contributed by atoms with E-state index in [1.807, 2.05) is 0 Å². The van der Waals surface area contributed by atoms with Crippen molar-refractivity contribution in [3.8, 4) is 0 Å². The quantitative estimate of drug-likeness (QED) is 0.549. The maximum Gasteiger partial charge on any atom is 0.344 e. The molecule has 0 amide bonds. The summed E-state index contributed by atoms with van der Waals surface area (Å²) in [6, 6.07) is 0. The molecule has 3 heteroatoms. The van der Waals surface area contributed by atoms with E-state index in [2.05, 4.69) is 26.7 Å². The van der Waals surface area contributed by atoms with Gasteiger partial charge in [0.25, 0.3) is 0 Å². The molecule has 0 rings (SSSR count). The Morgan fingerprint density at radius 3 is 2.29 bits per heavy atom. The van der Waals surface area contributed by atoms with Gasteiger partial charge in [-0.05, 0) is 6.92 Å². The monoisotopic (exact) mass is 164 g/mol. The first-order valence-electron chi connectivity index (χ1n) is 1.67. The molecule has 0 aliphatic heterocycles. The summed E-state index contributed by atoms with van der Waals surface area (Å²) in [7, 11) is 0. The highest BCUT2D eigenvalue weighted by molar-refractivity contribution is 9.06. The predicted octanol–water partition coefficient (Wildman–Crippen LogP) is 1.42. The van der Waals surface area contributed by atoms with Gasteiger partial charge in [-0.25, -0.2) is 4.79 Å². The molecule has 0 unspecified atom stereocenters. The number of hydrogen-bond acceptors (Lipinski definition) is 2. The zero-order valence-electron chi connectivity index (χ0n) is 3.90. The van der Waals surface area contributed by atoms with Crippen LogP contribution in [0.5, 0.6) is 0 Å². The van der Waals surface area contributed by atoms with Crippen LogP contribution in [0, 0.1) is 0 Å². The largest absolute Gasteiger partial charge is 0.380 e. The van der Waals surface area contributed by atoms with Crippen LogP contribution in [0.4, 0.5) is 0 Å². The fraction of sp³-hybridized carbons (Fsp3) is 0.250. The summed E-state index contributed by atoms with van der Waals surface area (Å²) in [4.78, 5) is 10.1. The number of rotatable bonds is 1. The average Bonchev–Trinajstić information content (AvgIpc) is 1.65. The van der Waals surface area contributed by atoms with Crippen molar-refractivity contribution in [1.29, 1.82) is 0 Å². The van der Waals surface area contributed by atoms with Crippen molar-refractivity contribution in [3.63, 3.8) is 0 Å². The second-order valence-electron chi connectivity index (χ2n) is 1.14. The van der Waals surface area contributed by atoms with E-state index in [4.69, 9.17) is 0 Å². The van der Waals surface area contributed by atoms with Crippen LogP contribution >= 0.6 is 16.3 Å². The van der Waals surface area contributed by atoms with Crippen LogP contribution in [0.1, 0.15) is 6.92 Å². The summed E-state index contributed by atoms with van der Waals surface area (Å²) >= 11 is 2.50. The van der Waals surface area contributed by atoms with Crippen LogP contribution in [0.15, 0.2) is 12.2 Å². The topological polar surface area (TPSA) is 26.3 Å². The number of halogens is 1. The molecular weight excluding hydrogens is 160 g/mol. The van der Waals surface area contributed by atoms with Gasteiger partial charge in [0, 0.05) is 5.57 Å². The Morgan fingerprint density at radius 2 is 2.29 bits per heavy atom. The standard InChI is InChI=1S/C4H5BrO2/c1-3(2)4(6)7-5/h1H2,2H3. The lowest BCUT2D eigenvalue weighted by Gasteiger charge is -1.88. The van der Waals surface area contributed by atoms with Crippen LogP contribution < -0.4 is 0 Å². The van der Waals surface area contributed by atoms with Crippen molar-refractivity contribution >= 4 is 22.2 Å². The highest BCUT2D eigenvalue weighted by Gasteiger charge is 1.97. The molecule has 0 aliphatic rings. The van der Waals surface area contributed by atoms with Gasteiger partial charge < -0.3 is 3.83 Å². The Balaban J connectivity index is 3.58. The predicted molar refractivity (Wildman–Crippen MR) is 29.8 cm³/mol. The third-order valence-corrected chi connectivity index (χ3v) is 0.713. The van der Waals surface area contributed by atoms with E-state index in [0.29, 0.717) is 5.57 Å². The highest BCUT2D eigenvalue weighted by atomic mass is 79.9. The summed E-state index contributed by atoms with van der Waals surface area (Å²) in [5, 5.41) is 0.